The highest BCUT2D eigenvalue weighted by molar-refractivity contribution is 7.80. The molecule has 0 aromatic carbocycles. The second kappa shape index (κ2) is 6.56. The molecule has 6 nitrogen and oxygen atoms in total. The van der Waals surface area contributed by atoms with Crippen molar-refractivity contribution < 1.29 is 17.2 Å². The molecule has 7 heteroatoms. The topological polar surface area (TPSA) is 89.4 Å². The molecule has 1 N–H and O–H groups in total. The Bertz CT molecular complexity index is 632. The van der Waals surface area contributed by atoms with Gasteiger partial charge in [0.05, 0.1) is 0 Å². The predicted octanol–water partition coefficient (Wildman–Crippen LogP) is 1.97. The maximum absolute atomic E-state index is 10.9. The van der Waals surface area contributed by atoms with Gasteiger partial charge in [0, 0.05) is 24.8 Å². The minimum Gasteiger partial charge on any atom is -0.265 e. The zero-order chi connectivity index (χ0) is 14.4. The lowest BCUT2D eigenvalue weighted by atomic mass is 10.0. The van der Waals surface area contributed by atoms with Crippen LogP contribution in [0.2, 0.25) is 0 Å². The summed E-state index contributed by atoms with van der Waals surface area (Å²) in [6, 6.07) is 7.00. The van der Waals surface area contributed by atoms with Gasteiger partial charge in [-0.05, 0) is 48.2 Å². The average Bonchev–Trinajstić information content (AvgIpc) is 2.44. The second-order valence-electron chi connectivity index (χ2n) is 4.19. The predicted molar refractivity (Wildman–Crippen MR) is 72.2 cm³/mol. The minimum absolute atomic E-state index is 0.411. The first kappa shape index (κ1) is 14.6. The van der Waals surface area contributed by atoms with Crippen LogP contribution in [0.25, 0.3) is 0 Å². The van der Waals surface area contributed by atoms with Crippen molar-refractivity contribution in [1.82, 2.24) is 9.97 Å². The SMILES string of the molecule is O=S(=O)(O)OC(CCc1ccncc1)c1ccncc1. The largest absolute Gasteiger partial charge is 0.397 e. The number of aromatic nitrogens is 2. The molecule has 0 saturated carbocycles. The molecule has 0 spiro atoms. The molecule has 2 aromatic rings. The number of hydrogen-bond acceptors (Lipinski definition) is 5. The standard InChI is InChI=1S/C13H14N2O4S/c16-20(17,18)19-13(12-5-9-15-10-6-12)2-1-11-3-7-14-8-4-11/h3-10,13H,1-2H2,(H,16,17,18). The van der Waals surface area contributed by atoms with Crippen molar-refractivity contribution in [3.05, 3.63) is 60.2 Å². The Morgan fingerprint density at radius 1 is 1.05 bits per heavy atom. The maximum Gasteiger partial charge on any atom is 0.397 e. The van der Waals surface area contributed by atoms with E-state index < -0.39 is 16.5 Å². The number of nitrogens with zero attached hydrogens (tertiary/aromatic N) is 2. The molecule has 0 saturated heterocycles. The van der Waals surface area contributed by atoms with Crippen molar-refractivity contribution in [1.29, 1.82) is 0 Å². The Balaban J connectivity index is 2.11. The molecule has 2 rings (SSSR count). The van der Waals surface area contributed by atoms with Gasteiger partial charge in [-0.25, -0.2) is 4.18 Å². The summed E-state index contributed by atoms with van der Waals surface area (Å²) in [5, 5.41) is 0. The van der Waals surface area contributed by atoms with Gasteiger partial charge in [-0.3, -0.25) is 14.5 Å². The number of rotatable bonds is 6. The van der Waals surface area contributed by atoms with E-state index in [9.17, 15) is 8.42 Å². The molecule has 0 aliphatic rings. The highest BCUT2D eigenvalue weighted by Crippen LogP contribution is 2.24. The van der Waals surface area contributed by atoms with E-state index in [1.807, 2.05) is 12.1 Å². The Morgan fingerprint density at radius 2 is 1.60 bits per heavy atom. The quantitative estimate of drug-likeness (QED) is 0.819. The van der Waals surface area contributed by atoms with Crippen molar-refractivity contribution >= 4 is 10.4 Å². The van der Waals surface area contributed by atoms with E-state index in [0.717, 1.165) is 5.56 Å². The zero-order valence-corrected chi connectivity index (χ0v) is 11.4. The van der Waals surface area contributed by atoms with E-state index in [4.69, 9.17) is 8.74 Å². The van der Waals surface area contributed by atoms with Crippen molar-refractivity contribution in [2.75, 3.05) is 0 Å². The molecule has 0 aliphatic heterocycles. The number of aryl methyl sites for hydroxylation is 1. The fourth-order valence-electron chi connectivity index (χ4n) is 1.84. The molecule has 0 bridgehead atoms. The molecule has 1 unspecified atom stereocenters. The van der Waals surface area contributed by atoms with Crippen LogP contribution in [0.5, 0.6) is 0 Å². The molecule has 0 aliphatic carbocycles. The van der Waals surface area contributed by atoms with Gasteiger partial charge in [0.25, 0.3) is 0 Å². The van der Waals surface area contributed by atoms with Crippen LogP contribution in [0.3, 0.4) is 0 Å². The second-order valence-corrected chi connectivity index (χ2v) is 5.24. The van der Waals surface area contributed by atoms with Crippen LogP contribution in [-0.2, 0) is 21.0 Å². The Hall–Kier alpha value is -1.83. The Kier molecular flexibility index (Phi) is 4.78. The van der Waals surface area contributed by atoms with Gasteiger partial charge in [0.2, 0.25) is 0 Å². The van der Waals surface area contributed by atoms with E-state index in [0.29, 0.717) is 18.4 Å². The van der Waals surface area contributed by atoms with Gasteiger partial charge in [0.15, 0.2) is 0 Å². The fourth-order valence-corrected chi connectivity index (χ4v) is 2.34. The summed E-state index contributed by atoms with van der Waals surface area (Å²) in [4.78, 5) is 7.78. The van der Waals surface area contributed by atoms with Crippen LogP contribution in [0, 0.1) is 0 Å². The van der Waals surface area contributed by atoms with Crippen LogP contribution in [0.4, 0.5) is 0 Å². The van der Waals surface area contributed by atoms with Crippen molar-refractivity contribution in [2.45, 2.75) is 18.9 Å². The van der Waals surface area contributed by atoms with Crippen LogP contribution in [-0.4, -0.2) is 22.9 Å². The maximum atomic E-state index is 10.9. The summed E-state index contributed by atoms with van der Waals surface area (Å²) >= 11 is 0. The average molecular weight is 294 g/mol. The number of hydrogen-bond donors (Lipinski definition) is 1. The van der Waals surface area contributed by atoms with E-state index in [2.05, 4.69) is 9.97 Å². The molecule has 0 radical (unpaired) electrons. The van der Waals surface area contributed by atoms with Crippen LogP contribution >= 0.6 is 0 Å². The summed E-state index contributed by atoms with van der Waals surface area (Å²) in [6.45, 7) is 0. The van der Waals surface area contributed by atoms with Gasteiger partial charge >= 0.3 is 10.4 Å². The Labute approximate surface area is 117 Å². The van der Waals surface area contributed by atoms with E-state index in [-0.39, 0.29) is 0 Å². The summed E-state index contributed by atoms with van der Waals surface area (Å²) in [5.41, 5.74) is 1.66. The summed E-state index contributed by atoms with van der Waals surface area (Å²) in [5.74, 6) is 0. The fraction of sp³-hybridized carbons (Fsp3) is 0.231. The smallest absolute Gasteiger partial charge is 0.265 e. The van der Waals surface area contributed by atoms with Gasteiger partial charge in [-0.1, -0.05) is 0 Å². The highest BCUT2D eigenvalue weighted by Gasteiger charge is 2.19. The van der Waals surface area contributed by atoms with Crippen molar-refractivity contribution in [3.8, 4) is 0 Å². The molecular weight excluding hydrogens is 280 g/mol. The third-order valence-corrected chi connectivity index (χ3v) is 3.24. The lowest BCUT2D eigenvalue weighted by Gasteiger charge is -2.15. The van der Waals surface area contributed by atoms with Gasteiger partial charge < -0.3 is 0 Å². The molecule has 1 atom stereocenters. The first-order chi connectivity index (χ1) is 9.54. The van der Waals surface area contributed by atoms with Crippen LogP contribution < -0.4 is 0 Å². The van der Waals surface area contributed by atoms with Crippen molar-refractivity contribution in [3.63, 3.8) is 0 Å². The summed E-state index contributed by atoms with van der Waals surface area (Å²) in [6.07, 6.45) is 6.69. The molecule has 0 amide bonds. The third-order valence-electron chi connectivity index (χ3n) is 2.76. The first-order valence-electron chi connectivity index (χ1n) is 5.99. The van der Waals surface area contributed by atoms with Crippen molar-refractivity contribution in [2.24, 2.45) is 0 Å². The Morgan fingerprint density at radius 3 is 2.15 bits per heavy atom. The monoisotopic (exact) mass is 294 g/mol. The van der Waals surface area contributed by atoms with Gasteiger partial charge in [-0.2, -0.15) is 8.42 Å². The normalized spacial score (nSPS) is 13.1. The minimum atomic E-state index is -4.51. The number of pyridine rings is 2. The van der Waals surface area contributed by atoms with Crippen LogP contribution in [0.1, 0.15) is 23.7 Å². The molecule has 106 valence electrons. The van der Waals surface area contributed by atoms with Gasteiger partial charge in [-0.15, -0.1) is 0 Å². The summed E-state index contributed by atoms with van der Waals surface area (Å²) in [7, 11) is -4.51. The van der Waals surface area contributed by atoms with E-state index >= 15 is 0 Å². The lowest BCUT2D eigenvalue weighted by Crippen LogP contribution is -2.12. The zero-order valence-electron chi connectivity index (χ0n) is 10.6. The molecule has 0 fully saturated rings. The van der Waals surface area contributed by atoms with Crippen LogP contribution in [0.15, 0.2) is 49.1 Å². The first-order valence-corrected chi connectivity index (χ1v) is 7.35. The third kappa shape index (κ3) is 4.69. The molecule has 20 heavy (non-hydrogen) atoms. The van der Waals surface area contributed by atoms with E-state index in [1.54, 1.807) is 36.9 Å². The lowest BCUT2D eigenvalue weighted by molar-refractivity contribution is 0.175. The van der Waals surface area contributed by atoms with E-state index in [1.165, 1.54) is 0 Å². The molecular formula is C13H14N2O4S. The summed E-state index contributed by atoms with van der Waals surface area (Å²) < 4.78 is 35.5. The molecule has 2 aromatic heterocycles. The highest BCUT2D eigenvalue weighted by atomic mass is 32.3. The van der Waals surface area contributed by atoms with Gasteiger partial charge in [0.1, 0.15) is 6.10 Å². The molecule has 2 heterocycles.